The number of methoxy groups -OCH3 is 1. The van der Waals surface area contributed by atoms with E-state index in [2.05, 4.69) is 62.6 Å². The first-order chi connectivity index (χ1) is 17.5. The molecule has 0 aliphatic carbocycles. The molecule has 0 unspecified atom stereocenters. The topological polar surface area (TPSA) is 131 Å². The summed E-state index contributed by atoms with van der Waals surface area (Å²) < 4.78 is 7.57. The highest BCUT2D eigenvalue weighted by atomic mass is 16.5. The largest absolute Gasteiger partial charge is 0.496 e. The van der Waals surface area contributed by atoms with Gasteiger partial charge in [-0.15, -0.1) is 0 Å². The molecule has 5 rings (SSSR count). The molecule has 3 N–H and O–H groups in total. The van der Waals surface area contributed by atoms with Gasteiger partial charge in [0.2, 0.25) is 5.95 Å². The van der Waals surface area contributed by atoms with Crippen LogP contribution in [0.3, 0.4) is 0 Å². The van der Waals surface area contributed by atoms with Crippen LogP contribution in [0.5, 0.6) is 5.75 Å². The number of hydrogen-bond acceptors (Lipinski definition) is 9. The predicted octanol–water partition coefficient (Wildman–Crippen LogP) is 4.13. The molecule has 4 aromatic heterocycles. The van der Waals surface area contributed by atoms with E-state index < -0.39 is 0 Å². The lowest BCUT2D eigenvalue weighted by Crippen LogP contribution is -2.11. The number of hydrogen-bond donors (Lipinski definition) is 3. The minimum Gasteiger partial charge on any atom is -0.496 e. The number of pyridine rings is 1. The van der Waals surface area contributed by atoms with E-state index in [1.54, 1.807) is 25.8 Å². The first kappa shape index (κ1) is 23.2. The van der Waals surface area contributed by atoms with Crippen molar-refractivity contribution in [3.05, 3.63) is 66.0 Å². The molecule has 1 aromatic carbocycles. The van der Waals surface area contributed by atoms with Crippen molar-refractivity contribution in [2.24, 2.45) is 0 Å². The van der Waals surface area contributed by atoms with Crippen molar-refractivity contribution in [3.8, 4) is 17.1 Å². The van der Waals surface area contributed by atoms with Crippen LogP contribution >= 0.6 is 0 Å². The lowest BCUT2D eigenvalue weighted by molar-refractivity contribution is 0.410. The van der Waals surface area contributed by atoms with E-state index in [-0.39, 0.29) is 6.04 Å². The van der Waals surface area contributed by atoms with Crippen LogP contribution in [-0.2, 0) is 13.1 Å². The van der Waals surface area contributed by atoms with Crippen LogP contribution in [0.1, 0.15) is 36.8 Å². The summed E-state index contributed by atoms with van der Waals surface area (Å²) in [5.41, 5.74) is 4.52. The number of H-pyrrole nitrogens is 1. The fourth-order valence-electron chi connectivity index (χ4n) is 3.93. The van der Waals surface area contributed by atoms with Gasteiger partial charge in [-0.3, -0.25) is 10.1 Å². The summed E-state index contributed by atoms with van der Waals surface area (Å²) in [6, 6.07) is 9.92. The summed E-state index contributed by atoms with van der Waals surface area (Å²) in [6.45, 7) is 7.16. The van der Waals surface area contributed by atoms with E-state index >= 15 is 0 Å². The fraction of sp³-hybridized carbons (Fsp3) is 0.280. The molecule has 0 radical (unpaired) electrons. The fourth-order valence-corrected chi connectivity index (χ4v) is 3.93. The quantitative estimate of drug-likeness (QED) is 0.282. The van der Waals surface area contributed by atoms with Crippen molar-refractivity contribution < 1.29 is 4.74 Å². The van der Waals surface area contributed by atoms with E-state index in [1.165, 1.54) is 0 Å². The lowest BCUT2D eigenvalue weighted by Gasteiger charge is -2.14. The Balaban J connectivity index is 1.41. The minimum atomic E-state index is 0.194. The molecule has 4 heterocycles. The Morgan fingerprint density at radius 3 is 2.64 bits per heavy atom. The third-order valence-corrected chi connectivity index (χ3v) is 5.88. The molecule has 11 heteroatoms. The number of fused-ring (bicyclic) bond motifs is 1. The van der Waals surface area contributed by atoms with E-state index in [9.17, 15) is 0 Å². The zero-order chi connectivity index (χ0) is 25.1. The van der Waals surface area contributed by atoms with Crippen LogP contribution in [0.2, 0.25) is 0 Å². The highest BCUT2D eigenvalue weighted by molar-refractivity contribution is 5.84. The first-order valence-corrected chi connectivity index (χ1v) is 11.7. The average molecular weight is 485 g/mol. The van der Waals surface area contributed by atoms with Gasteiger partial charge in [-0.2, -0.15) is 15.1 Å². The molecule has 0 bridgehead atoms. The third kappa shape index (κ3) is 4.67. The van der Waals surface area contributed by atoms with E-state index in [0.717, 1.165) is 28.1 Å². The maximum Gasteiger partial charge on any atom is 0.227 e. The molecule has 5 aromatic rings. The number of aromatic nitrogens is 8. The minimum absolute atomic E-state index is 0.194. The zero-order valence-electron chi connectivity index (χ0n) is 20.6. The Morgan fingerprint density at radius 2 is 1.86 bits per heavy atom. The number of ether oxygens (including phenoxy) is 1. The molecule has 184 valence electrons. The highest BCUT2D eigenvalue weighted by Crippen LogP contribution is 2.26. The van der Waals surface area contributed by atoms with Crippen LogP contribution in [-0.4, -0.2) is 46.8 Å². The molecule has 11 nitrogen and oxygen atoms in total. The Morgan fingerprint density at radius 1 is 1.03 bits per heavy atom. The number of nitrogens with zero attached hydrogens (tertiary/aromatic N) is 7. The second-order valence-electron chi connectivity index (χ2n) is 8.62. The first-order valence-electron chi connectivity index (χ1n) is 11.7. The van der Waals surface area contributed by atoms with Gasteiger partial charge in [0.25, 0.3) is 0 Å². The average Bonchev–Trinajstić information content (AvgIpc) is 3.54. The predicted molar refractivity (Wildman–Crippen MR) is 138 cm³/mol. The standard InChI is InChI=1S/C25H28N10O/c1-15(2)35-14-29-21-23(27-13-20-30-22(34-33-20)17-8-10-26-11-9-17)31-25(32-24(21)35)28-12-18-16(3)6-5-7-19(18)36-4/h5-11,14-15H,12-13H2,1-4H3,(H,30,33,34)(H2,27,28,31,32). The number of aryl methyl sites for hydroxylation is 1. The molecule has 36 heavy (non-hydrogen) atoms. The number of aromatic amines is 1. The Kier molecular flexibility index (Phi) is 6.44. The van der Waals surface area contributed by atoms with Gasteiger partial charge in [0.1, 0.15) is 11.6 Å². The lowest BCUT2D eigenvalue weighted by atomic mass is 10.1. The molecule has 0 saturated carbocycles. The van der Waals surface area contributed by atoms with Crippen molar-refractivity contribution in [3.63, 3.8) is 0 Å². The number of benzene rings is 1. The van der Waals surface area contributed by atoms with Crippen LogP contribution in [0, 0.1) is 6.92 Å². The van der Waals surface area contributed by atoms with Crippen LogP contribution in [0.4, 0.5) is 11.8 Å². The van der Waals surface area contributed by atoms with Crippen molar-refractivity contribution in [2.75, 3.05) is 17.7 Å². The maximum atomic E-state index is 5.54. The third-order valence-electron chi connectivity index (χ3n) is 5.88. The normalized spacial score (nSPS) is 11.2. The Bertz CT molecular complexity index is 1480. The summed E-state index contributed by atoms with van der Waals surface area (Å²) in [4.78, 5) is 22.7. The SMILES string of the molecule is COc1cccc(C)c1CNc1nc(NCc2nc(-c3ccncc3)n[nH]2)c2ncn(C(C)C)c2n1. The van der Waals surface area contributed by atoms with E-state index in [1.807, 2.05) is 28.8 Å². The number of rotatable bonds is 9. The van der Waals surface area contributed by atoms with Crippen LogP contribution < -0.4 is 15.4 Å². The summed E-state index contributed by atoms with van der Waals surface area (Å²) in [6.07, 6.45) is 5.22. The van der Waals surface area contributed by atoms with Crippen molar-refractivity contribution in [1.82, 2.24) is 39.7 Å². The molecule has 0 aliphatic rings. The zero-order valence-corrected chi connectivity index (χ0v) is 20.6. The number of anilines is 2. The molecular weight excluding hydrogens is 456 g/mol. The maximum absolute atomic E-state index is 5.54. The Labute approximate surface area is 208 Å². The number of imidazole rings is 1. The monoisotopic (exact) mass is 484 g/mol. The molecule has 0 saturated heterocycles. The van der Waals surface area contributed by atoms with Gasteiger partial charge in [-0.05, 0) is 44.5 Å². The van der Waals surface area contributed by atoms with E-state index in [4.69, 9.17) is 14.7 Å². The molecule has 0 fully saturated rings. The van der Waals surface area contributed by atoms with Gasteiger partial charge >= 0.3 is 0 Å². The summed E-state index contributed by atoms with van der Waals surface area (Å²) in [5, 5.41) is 14.0. The summed E-state index contributed by atoms with van der Waals surface area (Å²) in [7, 11) is 1.67. The van der Waals surface area contributed by atoms with Gasteiger partial charge in [0.15, 0.2) is 22.8 Å². The molecule has 0 spiro atoms. The van der Waals surface area contributed by atoms with Gasteiger partial charge in [0.05, 0.1) is 20.0 Å². The van der Waals surface area contributed by atoms with Crippen molar-refractivity contribution >= 4 is 22.9 Å². The summed E-state index contributed by atoms with van der Waals surface area (Å²) >= 11 is 0. The summed E-state index contributed by atoms with van der Waals surface area (Å²) in [5.74, 6) is 3.22. The van der Waals surface area contributed by atoms with Gasteiger partial charge in [0, 0.05) is 36.1 Å². The van der Waals surface area contributed by atoms with Gasteiger partial charge < -0.3 is 19.9 Å². The highest BCUT2D eigenvalue weighted by Gasteiger charge is 2.16. The Hall–Kier alpha value is -4.54. The van der Waals surface area contributed by atoms with E-state index in [0.29, 0.717) is 42.0 Å². The number of nitrogens with one attached hydrogen (secondary N) is 3. The second-order valence-corrected chi connectivity index (χ2v) is 8.62. The molecule has 0 atom stereocenters. The van der Waals surface area contributed by atoms with Crippen LogP contribution in [0.25, 0.3) is 22.6 Å². The van der Waals surface area contributed by atoms with Crippen LogP contribution in [0.15, 0.2) is 49.1 Å². The van der Waals surface area contributed by atoms with Gasteiger partial charge in [-0.1, -0.05) is 12.1 Å². The van der Waals surface area contributed by atoms with Crippen molar-refractivity contribution in [1.29, 1.82) is 0 Å². The molecule has 0 amide bonds. The second kappa shape index (κ2) is 9.98. The van der Waals surface area contributed by atoms with Crippen molar-refractivity contribution in [2.45, 2.75) is 39.9 Å². The molecular formula is C25H28N10O. The molecule has 0 aliphatic heterocycles. The smallest absolute Gasteiger partial charge is 0.227 e. The van der Waals surface area contributed by atoms with Gasteiger partial charge in [-0.25, -0.2) is 9.97 Å².